The topological polar surface area (TPSA) is 52.4 Å². The van der Waals surface area contributed by atoms with E-state index in [4.69, 9.17) is 9.47 Å². The fraction of sp³-hybridized carbons (Fsp3) is 0.619. The number of likely N-dealkylation sites (tertiary alicyclic amines) is 1. The van der Waals surface area contributed by atoms with Gasteiger partial charge in [-0.3, -0.25) is 9.58 Å². The predicted molar refractivity (Wildman–Crippen MR) is 104 cm³/mol. The summed E-state index contributed by atoms with van der Waals surface area (Å²) in [7, 11) is 0. The van der Waals surface area contributed by atoms with Crippen LogP contribution in [0.15, 0.2) is 36.8 Å². The Morgan fingerprint density at radius 2 is 2.19 bits per heavy atom. The molecule has 4 rings (SSSR count). The van der Waals surface area contributed by atoms with Gasteiger partial charge in [-0.25, -0.2) is 4.98 Å². The number of rotatable bonds is 7. The monoisotopic (exact) mass is 370 g/mol. The molecule has 146 valence electrons. The Morgan fingerprint density at radius 3 is 2.93 bits per heavy atom. The van der Waals surface area contributed by atoms with Gasteiger partial charge < -0.3 is 9.47 Å². The summed E-state index contributed by atoms with van der Waals surface area (Å²) in [6, 6.07) is 5.79. The highest BCUT2D eigenvalue weighted by Crippen LogP contribution is 2.42. The van der Waals surface area contributed by atoms with Crippen LogP contribution in [0.5, 0.6) is 5.88 Å². The number of aryl methyl sites for hydroxylation is 1. The van der Waals surface area contributed by atoms with Crippen molar-refractivity contribution in [3.63, 3.8) is 0 Å². The van der Waals surface area contributed by atoms with E-state index in [9.17, 15) is 0 Å². The summed E-state index contributed by atoms with van der Waals surface area (Å²) in [6.07, 6.45) is 10.3. The minimum absolute atomic E-state index is 0.0532. The van der Waals surface area contributed by atoms with Crippen LogP contribution in [-0.2, 0) is 17.8 Å². The Labute approximate surface area is 161 Å². The van der Waals surface area contributed by atoms with Crippen LogP contribution in [-0.4, -0.2) is 51.6 Å². The summed E-state index contributed by atoms with van der Waals surface area (Å²) in [5, 5.41) is 4.39. The maximum Gasteiger partial charge on any atom is 0.213 e. The summed E-state index contributed by atoms with van der Waals surface area (Å²) >= 11 is 0. The molecule has 0 N–H and O–H groups in total. The lowest BCUT2D eigenvalue weighted by Crippen LogP contribution is -2.47. The van der Waals surface area contributed by atoms with E-state index in [0.29, 0.717) is 18.4 Å². The maximum absolute atomic E-state index is 6.30. The van der Waals surface area contributed by atoms with Gasteiger partial charge in [0.25, 0.3) is 0 Å². The second-order valence-electron chi connectivity index (χ2n) is 7.68. The van der Waals surface area contributed by atoms with Gasteiger partial charge in [0.05, 0.1) is 18.4 Å². The van der Waals surface area contributed by atoms with Crippen LogP contribution in [0.4, 0.5) is 0 Å². The molecule has 6 nitrogen and oxygen atoms in total. The largest absolute Gasteiger partial charge is 0.478 e. The zero-order chi connectivity index (χ0) is 18.5. The van der Waals surface area contributed by atoms with Gasteiger partial charge in [-0.1, -0.05) is 6.07 Å². The van der Waals surface area contributed by atoms with Crippen molar-refractivity contribution in [3.05, 3.63) is 42.4 Å². The van der Waals surface area contributed by atoms with Crippen molar-refractivity contribution in [2.24, 2.45) is 5.92 Å². The molecule has 2 fully saturated rings. The average molecular weight is 370 g/mol. The number of ether oxygens (including phenoxy) is 2. The van der Waals surface area contributed by atoms with Crippen LogP contribution in [0.2, 0.25) is 0 Å². The second kappa shape index (κ2) is 8.40. The fourth-order valence-corrected chi connectivity index (χ4v) is 4.49. The number of pyridine rings is 1. The van der Waals surface area contributed by atoms with Gasteiger partial charge in [-0.15, -0.1) is 0 Å². The summed E-state index contributed by atoms with van der Waals surface area (Å²) in [5.41, 5.74) is 1.36. The molecule has 2 aliphatic heterocycles. The molecule has 0 aliphatic carbocycles. The zero-order valence-electron chi connectivity index (χ0n) is 16.2. The minimum Gasteiger partial charge on any atom is -0.478 e. The third kappa shape index (κ3) is 4.33. The molecule has 2 aliphatic rings. The first-order valence-corrected chi connectivity index (χ1v) is 10.2. The molecule has 0 bridgehead atoms. The van der Waals surface area contributed by atoms with Crippen molar-refractivity contribution >= 4 is 0 Å². The van der Waals surface area contributed by atoms with E-state index in [-0.39, 0.29) is 5.60 Å². The van der Waals surface area contributed by atoms with Gasteiger partial charge in [-0.2, -0.15) is 5.10 Å². The van der Waals surface area contributed by atoms with E-state index in [2.05, 4.69) is 28.1 Å². The molecular formula is C21H30N4O2. The highest BCUT2D eigenvalue weighted by Gasteiger charge is 2.45. The molecule has 1 atom stereocenters. The Hall–Kier alpha value is -1.92. The van der Waals surface area contributed by atoms with Crippen molar-refractivity contribution < 1.29 is 9.47 Å². The molecular weight excluding hydrogens is 340 g/mol. The maximum atomic E-state index is 6.30. The Balaban J connectivity index is 1.27. The van der Waals surface area contributed by atoms with Gasteiger partial charge in [0.1, 0.15) is 0 Å². The molecule has 1 spiro atoms. The lowest BCUT2D eigenvalue weighted by atomic mass is 9.78. The van der Waals surface area contributed by atoms with E-state index < -0.39 is 0 Å². The van der Waals surface area contributed by atoms with Crippen LogP contribution >= 0.6 is 0 Å². The highest BCUT2D eigenvalue weighted by molar-refractivity contribution is 5.09. The highest BCUT2D eigenvalue weighted by atomic mass is 16.5. The van der Waals surface area contributed by atoms with Crippen LogP contribution < -0.4 is 4.74 Å². The molecule has 0 radical (unpaired) electrons. The van der Waals surface area contributed by atoms with E-state index in [0.717, 1.165) is 58.5 Å². The third-order valence-corrected chi connectivity index (χ3v) is 6.07. The van der Waals surface area contributed by atoms with Crippen LogP contribution in [0.1, 0.15) is 38.2 Å². The van der Waals surface area contributed by atoms with Gasteiger partial charge in [0.2, 0.25) is 5.88 Å². The normalized spacial score (nSPS) is 22.3. The first-order valence-electron chi connectivity index (χ1n) is 10.2. The molecule has 0 unspecified atom stereocenters. The molecule has 2 aromatic rings. The molecule has 6 heteroatoms. The number of hydrogen-bond acceptors (Lipinski definition) is 5. The molecule has 0 aromatic carbocycles. The van der Waals surface area contributed by atoms with E-state index in [1.54, 1.807) is 6.20 Å². The Kier molecular flexibility index (Phi) is 5.74. The number of hydrogen-bond donors (Lipinski definition) is 0. The van der Waals surface area contributed by atoms with Crippen LogP contribution in [0.25, 0.3) is 0 Å². The Bertz CT molecular complexity index is 710. The van der Waals surface area contributed by atoms with Crippen LogP contribution in [0, 0.1) is 5.92 Å². The second-order valence-corrected chi connectivity index (χ2v) is 7.68. The van der Waals surface area contributed by atoms with Gasteiger partial charge in [0.15, 0.2) is 0 Å². The molecule has 27 heavy (non-hydrogen) atoms. The standard InChI is InChI=1S/C21H30N4O2/c1-2-25-17-18(15-23-25)16-24-11-8-21(9-12-24)19(7-14-27-21)6-13-26-20-5-3-4-10-22-20/h3-5,10,15,17,19H,2,6-9,11-14,16H2,1H3/t19-/m1/s1. The SMILES string of the molecule is CCn1cc(CN2CCC3(CC2)OCC[C@H]3CCOc2ccccn2)cn1. The molecule has 4 heterocycles. The molecule has 0 amide bonds. The average Bonchev–Trinajstić information content (AvgIpc) is 3.32. The van der Waals surface area contributed by atoms with Crippen molar-refractivity contribution in [1.82, 2.24) is 19.7 Å². The fourth-order valence-electron chi connectivity index (χ4n) is 4.49. The molecule has 0 saturated carbocycles. The van der Waals surface area contributed by atoms with Crippen molar-refractivity contribution in [2.75, 3.05) is 26.3 Å². The first-order chi connectivity index (χ1) is 13.3. The van der Waals surface area contributed by atoms with Gasteiger partial charge >= 0.3 is 0 Å². The van der Waals surface area contributed by atoms with E-state index >= 15 is 0 Å². The smallest absolute Gasteiger partial charge is 0.213 e. The first kappa shape index (κ1) is 18.4. The minimum atomic E-state index is 0.0532. The number of aromatic nitrogens is 3. The summed E-state index contributed by atoms with van der Waals surface area (Å²) in [4.78, 5) is 6.77. The quantitative estimate of drug-likeness (QED) is 0.749. The van der Waals surface area contributed by atoms with E-state index in [1.165, 1.54) is 5.56 Å². The zero-order valence-corrected chi connectivity index (χ0v) is 16.2. The van der Waals surface area contributed by atoms with Gasteiger partial charge in [-0.05, 0) is 44.6 Å². The summed E-state index contributed by atoms with van der Waals surface area (Å²) in [6.45, 7) is 7.83. The Morgan fingerprint density at radius 1 is 1.30 bits per heavy atom. The van der Waals surface area contributed by atoms with E-state index in [1.807, 2.05) is 29.1 Å². The summed E-state index contributed by atoms with van der Waals surface area (Å²) in [5.74, 6) is 1.30. The molecule has 2 saturated heterocycles. The van der Waals surface area contributed by atoms with Gasteiger partial charge in [0, 0.05) is 56.8 Å². The number of piperidine rings is 1. The third-order valence-electron chi connectivity index (χ3n) is 6.07. The predicted octanol–water partition coefficient (Wildman–Crippen LogP) is 3.14. The van der Waals surface area contributed by atoms with Crippen molar-refractivity contribution in [1.29, 1.82) is 0 Å². The van der Waals surface area contributed by atoms with Crippen molar-refractivity contribution in [2.45, 2.75) is 51.3 Å². The lowest BCUT2D eigenvalue weighted by molar-refractivity contribution is -0.0709. The lowest BCUT2D eigenvalue weighted by Gasteiger charge is -2.42. The molecule has 2 aromatic heterocycles. The van der Waals surface area contributed by atoms with Crippen LogP contribution in [0.3, 0.4) is 0 Å². The number of nitrogens with zero attached hydrogens (tertiary/aromatic N) is 4. The summed E-state index contributed by atoms with van der Waals surface area (Å²) < 4.78 is 14.1. The van der Waals surface area contributed by atoms with Crippen molar-refractivity contribution in [3.8, 4) is 5.88 Å².